The molecule has 1 rings (SSSR count). The number of aliphatic carboxylic acids is 1. The Morgan fingerprint density at radius 1 is 1.67 bits per heavy atom. The molecule has 0 amide bonds. The SMILES string of the molecule is CC(=O)n1ccnc1CC(=O)O. The maximum Gasteiger partial charge on any atom is 0.311 e. The van der Waals surface area contributed by atoms with Gasteiger partial charge in [-0.25, -0.2) is 4.98 Å². The van der Waals surface area contributed by atoms with Crippen LogP contribution in [0.5, 0.6) is 0 Å². The maximum absolute atomic E-state index is 10.8. The molecule has 0 aliphatic heterocycles. The van der Waals surface area contributed by atoms with Gasteiger partial charge in [-0.05, 0) is 0 Å². The molecule has 1 heterocycles. The second-order valence-electron chi connectivity index (χ2n) is 2.30. The third-order valence-electron chi connectivity index (χ3n) is 1.37. The summed E-state index contributed by atoms with van der Waals surface area (Å²) in [5.41, 5.74) is 0. The Hall–Kier alpha value is -1.65. The van der Waals surface area contributed by atoms with Crippen LogP contribution in [0, 0.1) is 0 Å². The average molecular weight is 168 g/mol. The Bertz CT molecular complexity index is 316. The fourth-order valence-corrected chi connectivity index (χ4v) is 0.887. The molecule has 5 heteroatoms. The summed E-state index contributed by atoms with van der Waals surface area (Å²) in [6.45, 7) is 1.35. The molecule has 1 aromatic heterocycles. The minimum Gasteiger partial charge on any atom is -0.481 e. The number of imidazole rings is 1. The number of carboxylic acid groups (broad SMARTS) is 1. The van der Waals surface area contributed by atoms with Gasteiger partial charge in [-0.1, -0.05) is 0 Å². The van der Waals surface area contributed by atoms with Gasteiger partial charge in [-0.2, -0.15) is 0 Å². The van der Waals surface area contributed by atoms with Gasteiger partial charge >= 0.3 is 5.97 Å². The molecular formula is C7H8N2O3. The van der Waals surface area contributed by atoms with Crippen LogP contribution in [0.2, 0.25) is 0 Å². The molecule has 1 N–H and O–H groups in total. The lowest BCUT2D eigenvalue weighted by atomic mass is 10.4. The Kier molecular flexibility index (Phi) is 2.23. The number of rotatable bonds is 2. The van der Waals surface area contributed by atoms with Crippen molar-refractivity contribution in [2.24, 2.45) is 0 Å². The quantitative estimate of drug-likeness (QED) is 0.683. The molecule has 0 bridgehead atoms. The highest BCUT2D eigenvalue weighted by Gasteiger charge is 2.09. The van der Waals surface area contributed by atoms with Gasteiger partial charge in [0.15, 0.2) is 0 Å². The van der Waals surface area contributed by atoms with Crippen LogP contribution in [0.1, 0.15) is 17.5 Å². The Balaban J connectivity index is 2.91. The molecule has 0 spiro atoms. The van der Waals surface area contributed by atoms with Crippen molar-refractivity contribution in [3.63, 3.8) is 0 Å². The summed E-state index contributed by atoms with van der Waals surface area (Å²) in [5, 5.41) is 8.43. The fraction of sp³-hybridized carbons (Fsp3) is 0.286. The van der Waals surface area contributed by atoms with Crippen LogP contribution in [0.25, 0.3) is 0 Å². The normalized spacial score (nSPS) is 9.75. The summed E-state index contributed by atoms with van der Waals surface area (Å²) < 4.78 is 1.22. The predicted molar refractivity (Wildman–Crippen MR) is 39.9 cm³/mol. The number of hydrogen-bond donors (Lipinski definition) is 1. The highest BCUT2D eigenvalue weighted by molar-refractivity contribution is 5.78. The Labute approximate surface area is 68.6 Å². The highest BCUT2D eigenvalue weighted by Crippen LogP contribution is 1.98. The number of nitrogens with zero attached hydrogens (tertiary/aromatic N) is 2. The van der Waals surface area contributed by atoms with Gasteiger partial charge in [0.1, 0.15) is 12.2 Å². The minimum absolute atomic E-state index is 0.230. The van der Waals surface area contributed by atoms with Gasteiger partial charge in [0.05, 0.1) is 0 Å². The van der Waals surface area contributed by atoms with E-state index in [1.165, 1.54) is 23.9 Å². The second kappa shape index (κ2) is 3.17. The van der Waals surface area contributed by atoms with E-state index in [1.54, 1.807) is 0 Å². The second-order valence-corrected chi connectivity index (χ2v) is 2.30. The summed E-state index contributed by atoms with van der Waals surface area (Å²) in [5.74, 6) is -0.970. The Morgan fingerprint density at radius 3 is 2.83 bits per heavy atom. The number of hydrogen-bond acceptors (Lipinski definition) is 3. The van der Waals surface area contributed by atoms with Gasteiger partial charge in [0.2, 0.25) is 5.91 Å². The molecule has 0 radical (unpaired) electrons. The maximum atomic E-state index is 10.8. The molecule has 1 aromatic rings. The van der Waals surface area contributed by atoms with Gasteiger partial charge in [-0.15, -0.1) is 0 Å². The molecule has 5 nitrogen and oxygen atoms in total. The van der Waals surface area contributed by atoms with E-state index in [4.69, 9.17) is 5.11 Å². The third-order valence-corrected chi connectivity index (χ3v) is 1.37. The lowest BCUT2D eigenvalue weighted by Gasteiger charge is -1.98. The first-order valence-electron chi connectivity index (χ1n) is 3.36. The first kappa shape index (κ1) is 8.45. The standard InChI is InChI=1S/C7H8N2O3/c1-5(10)9-3-2-8-6(9)4-7(11)12/h2-3H,4H2,1H3,(H,11,12). The summed E-state index contributed by atoms with van der Waals surface area (Å²) in [4.78, 5) is 24.9. The number of carbonyl (C=O) groups excluding carboxylic acids is 1. The Morgan fingerprint density at radius 2 is 2.33 bits per heavy atom. The van der Waals surface area contributed by atoms with Crippen molar-refractivity contribution in [3.05, 3.63) is 18.2 Å². The van der Waals surface area contributed by atoms with Crippen LogP contribution >= 0.6 is 0 Å². The van der Waals surface area contributed by atoms with Gasteiger partial charge in [0, 0.05) is 19.3 Å². The van der Waals surface area contributed by atoms with Crippen LogP contribution < -0.4 is 0 Å². The molecule has 0 aliphatic carbocycles. The van der Waals surface area contributed by atoms with Crippen LogP contribution in [-0.2, 0) is 11.2 Å². The molecule has 0 unspecified atom stereocenters. The summed E-state index contributed by atoms with van der Waals surface area (Å²) >= 11 is 0. The number of carbonyl (C=O) groups is 2. The third kappa shape index (κ3) is 1.69. The van der Waals surface area contributed by atoms with E-state index in [-0.39, 0.29) is 18.2 Å². The van der Waals surface area contributed by atoms with E-state index in [0.717, 1.165) is 0 Å². The van der Waals surface area contributed by atoms with Crippen molar-refractivity contribution in [2.45, 2.75) is 13.3 Å². The van der Waals surface area contributed by atoms with Crippen LogP contribution in [0.4, 0.5) is 0 Å². The van der Waals surface area contributed by atoms with Crippen molar-refractivity contribution in [2.75, 3.05) is 0 Å². The lowest BCUT2D eigenvalue weighted by Crippen LogP contribution is -2.12. The highest BCUT2D eigenvalue weighted by atomic mass is 16.4. The topological polar surface area (TPSA) is 72.2 Å². The smallest absolute Gasteiger partial charge is 0.311 e. The summed E-state index contributed by atoms with van der Waals surface area (Å²) in [6, 6.07) is 0. The molecule has 0 saturated carbocycles. The average Bonchev–Trinajstić information content (AvgIpc) is 2.33. The zero-order valence-electron chi connectivity index (χ0n) is 6.52. The van der Waals surface area contributed by atoms with E-state index in [0.29, 0.717) is 0 Å². The van der Waals surface area contributed by atoms with Crippen molar-refractivity contribution >= 4 is 11.9 Å². The van der Waals surface area contributed by atoms with E-state index < -0.39 is 5.97 Å². The van der Waals surface area contributed by atoms with Gasteiger partial charge < -0.3 is 5.11 Å². The minimum atomic E-state index is -0.997. The molecular weight excluding hydrogens is 160 g/mol. The first-order valence-corrected chi connectivity index (χ1v) is 3.36. The van der Waals surface area contributed by atoms with E-state index >= 15 is 0 Å². The van der Waals surface area contributed by atoms with Crippen molar-refractivity contribution in [3.8, 4) is 0 Å². The molecule has 12 heavy (non-hydrogen) atoms. The molecule has 0 saturated heterocycles. The van der Waals surface area contributed by atoms with E-state index in [2.05, 4.69) is 4.98 Å². The lowest BCUT2D eigenvalue weighted by molar-refractivity contribution is -0.136. The summed E-state index contributed by atoms with van der Waals surface area (Å²) in [6.07, 6.45) is 2.62. The number of carboxylic acids is 1. The fourth-order valence-electron chi connectivity index (χ4n) is 0.887. The van der Waals surface area contributed by atoms with Crippen molar-refractivity contribution in [1.29, 1.82) is 0 Å². The molecule has 0 aromatic carbocycles. The molecule has 0 aliphatic rings. The van der Waals surface area contributed by atoms with E-state index in [9.17, 15) is 9.59 Å². The number of aromatic nitrogens is 2. The first-order chi connectivity index (χ1) is 5.61. The monoisotopic (exact) mass is 168 g/mol. The van der Waals surface area contributed by atoms with Crippen molar-refractivity contribution in [1.82, 2.24) is 9.55 Å². The zero-order chi connectivity index (χ0) is 9.14. The van der Waals surface area contributed by atoms with Gasteiger partial charge in [-0.3, -0.25) is 14.2 Å². The van der Waals surface area contributed by atoms with Gasteiger partial charge in [0.25, 0.3) is 0 Å². The molecule has 0 atom stereocenters. The van der Waals surface area contributed by atoms with E-state index in [1.807, 2.05) is 0 Å². The zero-order valence-corrected chi connectivity index (χ0v) is 6.52. The van der Waals surface area contributed by atoms with Crippen LogP contribution in [0.15, 0.2) is 12.4 Å². The van der Waals surface area contributed by atoms with Crippen LogP contribution in [-0.4, -0.2) is 26.5 Å². The molecule has 0 fully saturated rings. The summed E-state index contributed by atoms with van der Waals surface area (Å²) in [7, 11) is 0. The largest absolute Gasteiger partial charge is 0.481 e. The van der Waals surface area contributed by atoms with Crippen molar-refractivity contribution < 1.29 is 14.7 Å². The predicted octanol–water partition coefficient (Wildman–Crippen LogP) is 0.170. The molecule has 64 valence electrons. The van der Waals surface area contributed by atoms with Crippen LogP contribution in [0.3, 0.4) is 0 Å².